The molecule has 1 aliphatic rings. The van der Waals surface area contributed by atoms with Crippen LogP contribution in [0.4, 0.5) is 0 Å². The largest absolute Gasteiger partial charge is 0.599 e. The molecule has 0 radical (unpaired) electrons. The maximum atomic E-state index is 12.6. The third kappa shape index (κ3) is 6.19. The number of hydrogen-bond acceptors (Lipinski definition) is 7. The summed E-state index contributed by atoms with van der Waals surface area (Å²) >= 11 is 0. The van der Waals surface area contributed by atoms with Crippen molar-refractivity contribution < 1.29 is 28.8 Å². The number of rotatable bonds is 12. The fraction of sp³-hybridized carbons (Fsp3) is 0.333. The van der Waals surface area contributed by atoms with E-state index in [-0.39, 0.29) is 25.0 Å². The number of nitrogens with zero attached hydrogens (tertiary/aromatic N) is 1. The molecule has 4 rings (SSSR count). The molecule has 0 bridgehead atoms. The van der Waals surface area contributed by atoms with E-state index in [1.165, 1.54) is 11.1 Å². The Labute approximate surface area is 223 Å². The number of unbranched alkanes of at least 4 members (excludes halogenated alkanes) is 1. The fourth-order valence-electron chi connectivity index (χ4n) is 4.69. The Bertz CT molecular complexity index is 1220. The molecule has 1 aliphatic carbocycles. The van der Waals surface area contributed by atoms with Crippen molar-refractivity contribution in [2.24, 2.45) is 4.99 Å². The molecule has 1 N–H and O–H groups in total. The van der Waals surface area contributed by atoms with E-state index in [4.69, 9.17) is 18.9 Å². The number of hydrogen-bond donors (Lipinski definition) is 1. The number of carbonyl (C=O) groups excluding carboxylic acids is 1. The summed E-state index contributed by atoms with van der Waals surface area (Å²) in [6.45, 7) is 0.694. The lowest BCUT2D eigenvalue weighted by atomic mass is 9.98. The van der Waals surface area contributed by atoms with Crippen molar-refractivity contribution in [3.63, 3.8) is 0 Å². The van der Waals surface area contributed by atoms with Gasteiger partial charge < -0.3 is 29.4 Å². The molecule has 0 atom stereocenters. The fourth-order valence-corrected chi connectivity index (χ4v) is 4.69. The van der Waals surface area contributed by atoms with Crippen LogP contribution in [0.15, 0.2) is 65.7 Å². The summed E-state index contributed by atoms with van der Waals surface area (Å²) in [6, 6.07) is 19.9. The highest BCUT2D eigenvalue weighted by Crippen LogP contribution is 2.44. The summed E-state index contributed by atoms with van der Waals surface area (Å²) < 4.78 is 22.5. The van der Waals surface area contributed by atoms with E-state index in [2.05, 4.69) is 34.6 Å². The van der Waals surface area contributed by atoms with Crippen LogP contribution in [-0.4, -0.2) is 46.5 Å². The van der Waals surface area contributed by atoms with Crippen molar-refractivity contribution in [1.82, 2.24) is 5.32 Å². The van der Waals surface area contributed by atoms with Gasteiger partial charge in [0.2, 0.25) is 5.91 Å². The van der Waals surface area contributed by atoms with Crippen LogP contribution >= 0.6 is 0 Å². The number of carbonyl (C=O) groups is 1. The van der Waals surface area contributed by atoms with Crippen molar-refractivity contribution in [1.29, 1.82) is 0 Å². The van der Waals surface area contributed by atoms with Gasteiger partial charge in [-0.3, -0.25) is 9.79 Å². The molecule has 0 fully saturated rings. The van der Waals surface area contributed by atoms with Gasteiger partial charge in [-0.05, 0) is 35.1 Å². The second-order valence-electron chi connectivity index (χ2n) is 8.91. The zero-order valence-electron chi connectivity index (χ0n) is 22.0. The van der Waals surface area contributed by atoms with Gasteiger partial charge in [-0.15, -0.1) is 0 Å². The minimum atomic E-state index is -0.646. The molecule has 8 nitrogen and oxygen atoms in total. The topological polar surface area (TPSA) is 101 Å². The molecular weight excluding hydrogens is 484 g/mol. The highest BCUT2D eigenvalue weighted by atomic mass is 16.6. The van der Waals surface area contributed by atoms with Crippen LogP contribution in [0.2, 0.25) is 0 Å². The molecule has 0 unspecified atom stereocenters. The van der Waals surface area contributed by atoms with E-state index in [0.717, 1.165) is 24.0 Å². The van der Waals surface area contributed by atoms with Gasteiger partial charge in [0.05, 0.1) is 32.9 Å². The lowest BCUT2D eigenvalue weighted by Gasteiger charge is -2.21. The first-order chi connectivity index (χ1) is 18.5. The number of methoxy groups -OCH3 is 2. The first-order valence-corrected chi connectivity index (χ1v) is 12.7. The summed E-state index contributed by atoms with van der Waals surface area (Å²) in [5, 5.41) is 15.2. The molecule has 1 amide bonds. The van der Waals surface area contributed by atoms with Crippen molar-refractivity contribution >= 4 is 12.0 Å². The Balaban J connectivity index is 1.39. The van der Waals surface area contributed by atoms with Crippen molar-refractivity contribution in [2.45, 2.75) is 31.7 Å². The van der Waals surface area contributed by atoms with Gasteiger partial charge in [0.15, 0.2) is 0 Å². The number of fused-ring (bicyclic) bond motifs is 3. The molecular formula is C30H33N2O6-. The predicted molar refractivity (Wildman–Crippen MR) is 144 cm³/mol. The number of amides is 1. The first-order valence-electron chi connectivity index (χ1n) is 12.7. The van der Waals surface area contributed by atoms with Crippen LogP contribution in [0.5, 0.6) is 17.2 Å². The molecule has 0 heterocycles. The molecule has 0 spiro atoms. The monoisotopic (exact) mass is 517 g/mol. The molecule has 8 heteroatoms. The summed E-state index contributed by atoms with van der Waals surface area (Å²) in [7, 11) is 4.70. The zero-order valence-corrected chi connectivity index (χ0v) is 22.0. The third-order valence-corrected chi connectivity index (χ3v) is 6.63. The number of ether oxygens (including phenoxy) is 4. The van der Waals surface area contributed by atoms with Gasteiger partial charge >= 0.3 is 0 Å². The predicted octanol–water partition coefficient (Wildman–Crippen LogP) is 4.04. The van der Waals surface area contributed by atoms with Crippen LogP contribution in [0.1, 0.15) is 41.9 Å². The second-order valence-corrected chi connectivity index (χ2v) is 8.91. The summed E-state index contributed by atoms with van der Waals surface area (Å²) in [6.07, 6.45) is 1.28. The Morgan fingerprint density at radius 3 is 2.13 bits per heavy atom. The Hall–Kier alpha value is -4.20. The third-order valence-electron chi connectivity index (χ3n) is 6.63. The van der Waals surface area contributed by atoms with E-state index >= 15 is 0 Å². The van der Waals surface area contributed by atoms with Crippen molar-refractivity contribution in [2.75, 3.05) is 34.5 Å². The zero-order chi connectivity index (χ0) is 26.9. The molecule has 0 aromatic heterocycles. The highest BCUT2D eigenvalue weighted by Gasteiger charge is 2.26. The van der Waals surface area contributed by atoms with E-state index in [1.54, 1.807) is 33.4 Å². The maximum Gasteiger partial charge on any atom is 0.219 e. The van der Waals surface area contributed by atoms with Crippen molar-refractivity contribution in [3.05, 3.63) is 77.4 Å². The van der Waals surface area contributed by atoms with Gasteiger partial charge in [0.25, 0.3) is 0 Å². The van der Waals surface area contributed by atoms with E-state index in [9.17, 15) is 9.90 Å². The van der Waals surface area contributed by atoms with Crippen LogP contribution in [0.3, 0.4) is 0 Å². The minimum absolute atomic E-state index is 0.0119. The van der Waals surface area contributed by atoms with Gasteiger partial charge in [0, 0.05) is 38.1 Å². The minimum Gasteiger partial charge on any atom is -0.599 e. The van der Waals surface area contributed by atoms with Gasteiger partial charge in [-0.25, -0.2) is 0 Å². The van der Waals surface area contributed by atoms with E-state index in [1.807, 2.05) is 24.3 Å². The number of aliphatic imine (C=N–C) groups is 1. The Morgan fingerprint density at radius 1 is 0.947 bits per heavy atom. The summed E-state index contributed by atoms with van der Waals surface area (Å²) in [5.74, 6) is 1.56. The smallest absolute Gasteiger partial charge is 0.219 e. The SMILES string of the molecule is CNC(=O)CCCCOc1cc(OC)c(CN=C([O-])OCC2c3ccccc3-c3ccccc32)c(OC)c1. The maximum absolute atomic E-state index is 12.6. The van der Waals surface area contributed by atoms with Crippen LogP contribution in [-0.2, 0) is 16.1 Å². The van der Waals surface area contributed by atoms with Gasteiger partial charge in [-0.2, -0.15) is 0 Å². The molecule has 0 aliphatic heterocycles. The first kappa shape index (κ1) is 26.9. The molecule has 0 saturated heterocycles. The molecule has 3 aromatic carbocycles. The van der Waals surface area contributed by atoms with Crippen molar-refractivity contribution in [3.8, 4) is 28.4 Å². The average Bonchev–Trinajstić information content (AvgIpc) is 3.27. The standard InChI is InChI=1S/C30H34N2O6/c1-31-29(33)14-8-9-15-37-20-16-27(35-2)25(28(17-20)36-3)18-32-30(34)38-19-26-23-12-6-4-10-21(23)22-11-5-7-13-24(22)26/h4-7,10-13,16-17,26H,8-9,14-15,18-19H2,1-3H3,(H,31,33)(H,32,34)/p-1. The van der Waals surface area contributed by atoms with Crippen LogP contribution < -0.4 is 24.6 Å². The molecule has 3 aromatic rings. The van der Waals surface area contributed by atoms with Crippen LogP contribution in [0.25, 0.3) is 11.1 Å². The molecule has 200 valence electrons. The summed E-state index contributed by atoms with van der Waals surface area (Å²) in [4.78, 5) is 15.5. The van der Waals surface area contributed by atoms with E-state index in [0.29, 0.717) is 35.8 Å². The lowest BCUT2D eigenvalue weighted by molar-refractivity contribution is -0.251. The quantitative estimate of drug-likeness (QED) is 0.221. The summed E-state index contributed by atoms with van der Waals surface area (Å²) in [5.41, 5.74) is 5.26. The Morgan fingerprint density at radius 2 is 1.55 bits per heavy atom. The van der Waals surface area contributed by atoms with Gasteiger partial charge in [-0.1, -0.05) is 48.5 Å². The average molecular weight is 518 g/mol. The molecule has 0 saturated carbocycles. The van der Waals surface area contributed by atoms with Gasteiger partial charge in [0.1, 0.15) is 23.3 Å². The number of benzene rings is 3. The second kappa shape index (κ2) is 12.9. The highest BCUT2D eigenvalue weighted by molar-refractivity contribution is 5.79. The lowest BCUT2D eigenvalue weighted by Crippen LogP contribution is -2.24. The molecule has 38 heavy (non-hydrogen) atoms. The van der Waals surface area contributed by atoms with Crippen LogP contribution in [0, 0.1) is 0 Å². The normalized spacial score (nSPS) is 12.4. The number of nitrogens with one attached hydrogen (secondary N) is 1. The van der Waals surface area contributed by atoms with E-state index < -0.39 is 6.08 Å². The Kier molecular flexibility index (Phi) is 9.08.